The predicted molar refractivity (Wildman–Crippen MR) is 111 cm³/mol. The average molecular weight is 395 g/mol. The van der Waals surface area contributed by atoms with Crippen molar-refractivity contribution in [2.24, 2.45) is 0 Å². The van der Waals surface area contributed by atoms with Gasteiger partial charge >= 0.3 is 0 Å². The summed E-state index contributed by atoms with van der Waals surface area (Å²) >= 11 is 0. The number of nitrogens with one attached hydrogen (secondary N) is 2. The van der Waals surface area contributed by atoms with E-state index in [0.717, 1.165) is 5.56 Å². The first-order valence-corrected chi connectivity index (χ1v) is 10.7. The van der Waals surface area contributed by atoms with Gasteiger partial charge in [0.15, 0.2) is 9.84 Å². The van der Waals surface area contributed by atoms with Gasteiger partial charge in [0.1, 0.15) is 5.82 Å². The highest BCUT2D eigenvalue weighted by Crippen LogP contribution is 2.23. The highest BCUT2D eigenvalue weighted by molar-refractivity contribution is 7.90. The molecular weight excluding hydrogens is 374 g/mol. The van der Waals surface area contributed by atoms with Crippen LogP contribution in [-0.4, -0.2) is 32.1 Å². The lowest BCUT2D eigenvalue weighted by atomic mass is 10.1. The van der Waals surface area contributed by atoms with Gasteiger partial charge in [-0.25, -0.2) is 13.4 Å². The van der Waals surface area contributed by atoms with Gasteiger partial charge in [0, 0.05) is 29.6 Å². The summed E-state index contributed by atoms with van der Waals surface area (Å²) in [4.78, 5) is 16.9. The van der Waals surface area contributed by atoms with E-state index >= 15 is 0 Å². The maximum atomic E-state index is 12.1. The minimum absolute atomic E-state index is 0.129. The van der Waals surface area contributed by atoms with Gasteiger partial charge in [0.2, 0.25) is 0 Å². The minimum Gasteiger partial charge on any atom is -0.352 e. The molecule has 1 heterocycles. The average Bonchev–Trinajstić information content (AvgIpc) is 2.68. The molecule has 0 radical (unpaired) electrons. The molecule has 0 saturated carbocycles. The van der Waals surface area contributed by atoms with E-state index in [1.165, 1.54) is 6.26 Å². The number of nitrogens with zero attached hydrogens (tertiary/aromatic N) is 1. The van der Waals surface area contributed by atoms with E-state index in [-0.39, 0.29) is 10.8 Å². The summed E-state index contributed by atoms with van der Waals surface area (Å²) in [7, 11) is -3.28. The van der Waals surface area contributed by atoms with Crippen LogP contribution in [0.25, 0.3) is 11.3 Å². The Kier molecular flexibility index (Phi) is 5.75. The molecule has 1 aromatic heterocycles. The van der Waals surface area contributed by atoms with Crippen LogP contribution in [-0.2, 0) is 9.84 Å². The third kappa shape index (κ3) is 4.75. The molecule has 0 fully saturated rings. The van der Waals surface area contributed by atoms with Crippen molar-refractivity contribution < 1.29 is 13.2 Å². The van der Waals surface area contributed by atoms with Crippen molar-refractivity contribution in [1.82, 2.24) is 10.3 Å². The van der Waals surface area contributed by atoms with Crippen molar-refractivity contribution in [3.8, 4) is 11.3 Å². The number of hydrogen-bond acceptors (Lipinski definition) is 5. The number of benzene rings is 2. The fraction of sp³-hybridized carbons (Fsp3) is 0.143. The molecule has 2 N–H and O–H groups in total. The summed E-state index contributed by atoms with van der Waals surface area (Å²) in [5.74, 6) is 0.447. The number of sulfone groups is 1. The van der Waals surface area contributed by atoms with Crippen LogP contribution >= 0.6 is 0 Å². The Hall–Kier alpha value is -3.19. The van der Waals surface area contributed by atoms with Crippen molar-refractivity contribution in [1.29, 1.82) is 0 Å². The van der Waals surface area contributed by atoms with Crippen molar-refractivity contribution in [3.63, 3.8) is 0 Å². The summed E-state index contributed by atoms with van der Waals surface area (Å²) < 4.78 is 23.5. The zero-order valence-corrected chi connectivity index (χ0v) is 16.5. The van der Waals surface area contributed by atoms with Crippen LogP contribution in [0.5, 0.6) is 0 Å². The zero-order valence-electron chi connectivity index (χ0n) is 15.6. The van der Waals surface area contributed by atoms with Gasteiger partial charge < -0.3 is 10.6 Å². The maximum absolute atomic E-state index is 12.1. The van der Waals surface area contributed by atoms with Gasteiger partial charge in [-0.05, 0) is 49.4 Å². The Bertz CT molecular complexity index is 1110. The van der Waals surface area contributed by atoms with Crippen LogP contribution in [0.15, 0.2) is 71.6 Å². The molecule has 3 aromatic rings. The molecule has 2 aromatic carbocycles. The Morgan fingerprint density at radius 3 is 2.50 bits per heavy atom. The van der Waals surface area contributed by atoms with E-state index < -0.39 is 9.84 Å². The first-order valence-electron chi connectivity index (χ1n) is 8.79. The fourth-order valence-corrected chi connectivity index (χ4v) is 3.37. The van der Waals surface area contributed by atoms with Crippen LogP contribution < -0.4 is 10.6 Å². The molecule has 0 saturated heterocycles. The van der Waals surface area contributed by atoms with E-state index in [2.05, 4.69) is 15.6 Å². The molecule has 0 aliphatic carbocycles. The molecule has 0 aliphatic heterocycles. The highest BCUT2D eigenvalue weighted by atomic mass is 32.2. The molecule has 6 nitrogen and oxygen atoms in total. The summed E-state index contributed by atoms with van der Waals surface area (Å²) in [5, 5.41) is 5.91. The van der Waals surface area contributed by atoms with Gasteiger partial charge in [0.05, 0.1) is 10.6 Å². The predicted octanol–water partition coefficient (Wildman–Crippen LogP) is 3.65. The second-order valence-electron chi connectivity index (χ2n) is 6.27. The standard InChI is InChI=1S/C21H21N3O3S/c1-3-22-21(25)16-8-4-7-15(13-16)19-11-6-12-20(24-19)23-17-9-5-10-18(14-17)28(2,26)27/h4-14H,3H2,1-2H3,(H,22,25)(H,23,24). The number of carbonyl (C=O) groups excluding carboxylic acids is 1. The van der Waals surface area contributed by atoms with Gasteiger partial charge in [-0.15, -0.1) is 0 Å². The molecule has 28 heavy (non-hydrogen) atoms. The summed E-state index contributed by atoms with van der Waals surface area (Å²) in [5.41, 5.74) is 2.72. The normalized spacial score (nSPS) is 11.1. The Balaban J connectivity index is 1.88. The molecule has 0 unspecified atom stereocenters. The molecule has 7 heteroatoms. The lowest BCUT2D eigenvalue weighted by Gasteiger charge is -2.10. The van der Waals surface area contributed by atoms with Gasteiger partial charge in [-0.1, -0.05) is 24.3 Å². The lowest BCUT2D eigenvalue weighted by molar-refractivity contribution is 0.0956. The van der Waals surface area contributed by atoms with E-state index in [1.54, 1.807) is 42.5 Å². The Labute approximate surface area is 164 Å². The summed E-state index contributed by atoms with van der Waals surface area (Å²) in [6.07, 6.45) is 1.17. The summed E-state index contributed by atoms with van der Waals surface area (Å²) in [6.45, 7) is 2.44. The Morgan fingerprint density at radius 1 is 1.00 bits per heavy atom. The summed E-state index contributed by atoms with van der Waals surface area (Å²) in [6, 6.07) is 19.3. The Morgan fingerprint density at radius 2 is 1.75 bits per heavy atom. The largest absolute Gasteiger partial charge is 0.352 e. The van der Waals surface area contributed by atoms with Gasteiger partial charge in [0.25, 0.3) is 5.91 Å². The van der Waals surface area contributed by atoms with Crippen LogP contribution in [0.1, 0.15) is 17.3 Å². The van der Waals surface area contributed by atoms with Crippen molar-refractivity contribution in [2.45, 2.75) is 11.8 Å². The number of anilines is 2. The molecule has 3 rings (SSSR count). The van der Waals surface area contributed by atoms with Crippen LogP contribution in [0.2, 0.25) is 0 Å². The van der Waals surface area contributed by atoms with Crippen LogP contribution in [0.3, 0.4) is 0 Å². The SMILES string of the molecule is CCNC(=O)c1cccc(-c2cccc(Nc3cccc(S(C)(=O)=O)c3)n2)c1. The lowest BCUT2D eigenvalue weighted by Crippen LogP contribution is -2.22. The molecular formula is C21H21N3O3S. The second kappa shape index (κ2) is 8.22. The minimum atomic E-state index is -3.28. The number of hydrogen-bond donors (Lipinski definition) is 2. The fourth-order valence-electron chi connectivity index (χ4n) is 2.70. The molecule has 0 spiro atoms. The number of amides is 1. The first kappa shape index (κ1) is 19.6. The number of pyridine rings is 1. The van der Waals surface area contributed by atoms with E-state index in [0.29, 0.717) is 29.3 Å². The van der Waals surface area contributed by atoms with E-state index in [4.69, 9.17) is 0 Å². The highest BCUT2D eigenvalue weighted by Gasteiger charge is 2.09. The topological polar surface area (TPSA) is 88.2 Å². The number of aromatic nitrogens is 1. The zero-order chi connectivity index (χ0) is 20.1. The van der Waals surface area contributed by atoms with E-state index in [1.807, 2.05) is 31.2 Å². The van der Waals surface area contributed by atoms with Crippen molar-refractivity contribution in [3.05, 3.63) is 72.3 Å². The molecule has 0 atom stereocenters. The first-order chi connectivity index (χ1) is 13.4. The van der Waals surface area contributed by atoms with Gasteiger partial charge in [-0.3, -0.25) is 4.79 Å². The van der Waals surface area contributed by atoms with Crippen molar-refractivity contribution >= 4 is 27.2 Å². The van der Waals surface area contributed by atoms with Crippen LogP contribution in [0.4, 0.5) is 11.5 Å². The number of rotatable bonds is 6. The number of carbonyl (C=O) groups is 1. The molecule has 0 bridgehead atoms. The van der Waals surface area contributed by atoms with Crippen LogP contribution in [0, 0.1) is 0 Å². The van der Waals surface area contributed by atoms with E-state index in [9.17, 15) is 13.2 Å². The quantitative estimate of drug-likeness (QED) is 0.665. The van der Waals surface area contributed by atoms with Crippen molar-refractivity contribution in [2.75, 3.05) is 18.1 Å². The van der Waals surface area contributed by atoms with Gasteiger partial charge in [-0.2, -0.15) is 0 Å². The molecule has 144 valence electrons. The molecule has 1 amide bonds. The smallest absolute Gasteiger partial charge is 0.251 e. The second-order valence-corrected chi connectivity index (χ2v) is 8.29. The monoisotopic (exact) mass is 395 g/mol. The maximum Gasteiger partial charge on any atom is 0.251 e. The third-order valence-corrected chi connectivity index (χ3v) is 5.15. The molecule has 0 aliphatic rings. The third-order valence-electron chi connectivity index (χ3n) is 4.04.